The summed E-state index contributed by atoms with van der Waals surface area (Å²) in [6.07, 6.45) is 3.56. The maximum absolute atomic E-state index is 12.6. The summed E-state index contributed by atoms with van der Waals surface area (Å²) in [5.74, 6) is -1.05. The van der Waals surface area contributed by atoms with Crippen LogP contribution in [0.1, 0.15) is 5.56 Å². The normalized spacial score (nSPS) is 17.9. The number of para-hydroxylation sites is 1. The highest BCUT2D eigenvalue weighted by Crippen LogP contribution is 2.27. The van der Waals surface area contributed by atoms with Crippen LogP contribution in [0.25, 0.3) is 6.08 Å². The molecule has 2 unspecified atom stereocenters. The van der Waals surface area contributed by atoms with Gasteiger partial charge in [-0.2, -0.15) is 0 Å². The molecule has 0 aromatic heterocycles. The molecule has 1 N–H and O–H groups in total. The van der Waals surface area contributed by atoms with E-state index in [2.05, 4.69) is 16.6 Å². The second-order valence-electron chi connectivity index (χ2n) is 6.55. The van der Waals surface area contributed by atoms with E-state index in [0.29, 0.717) is 5.75 Å². The van der Waals surface area contributed by atoms with Gasteiger partial charge in [-0.1, -0.05) is 67.3 Å². The van der Waals surface area contributed by atoms with E-state index in [1.54, 1.807) is 30.3 Å². The molecule has 7 nitrogen and oxygen atoms in total. The first kappa shape index (κ1) is 20.9. The van der Waals surface area contributed by atoms with E-state index in [1.165, 1.54) is 12.0 Å². The summed E-state index contributed by atoms with van der Waals surface area (Å²) in [6, 6.07) is 16.9. The number of hydrogen-bond donors (Lipinski definition) is 1. The first-order valence-electron chi connectivity index (χ1n) is 9.32. The summed E-state index contributed by atoms with van der Waals surface area (Å²) in [7, 11) is 1.22. The molecule has 0 spiro atoms. The lowest BCUT2D eigenvalue weighted by molar-refractivity contribution is -0.153. The average Bonchev–Trinajstić information content (AvgIpc) is 2.79. The van der Waals surface area contributed by atoms with E-state index >= 15 is 0 Å². The molecule has 0 radical (unpaired) electrons. The zero-order valence-corrected chi connectivity index (χ0v) is 16.5. The zero-order chi connectivity index (χ0) is 21.5. The molecule has 3 rings (SSSR count). The van der Waals surface area contributed by atoms with Gasteiger partial charge in [0.05, 0.1) is 13.2 Å². The number of carbonyl (C=O) groups excluding carboxylic acids is 3. The van der Waals surface area contributed by atoms with Gasteiger partial charge in [-0.05, 0) is 17.7 Å². The smallest absolute Gasteiger partial charge is 0.354 e. The van der Waals surface area contributed by atoms with E-state index in [-0.39, 0.29) is 12.3 Å². The topological polar surface area (TPSA) is 84.9 Å². The predicted octanol–water partition coefficient (Wildman–Crippen LogP) is 2.16. The minimum absolute atomic E-state index is 0.0868. The largest absolute Gasteiger partial charge is 0.484 e. The maximum Gasteiger partial charge on any atom is 0.354 e. The molecule has 7 heteroatoms. The van der Waals surface area contributed by atoms with Gasteiger partial charge in [0.1, 0.15) is 17.5 Å². The first-order valence-corrected chi connectivity index (χ1v) is 9.32. The molecule has 30 heavy (non-hydrogen) atoms. The van der Waals surface area contributed by atoms with Crippen LogP contribution in [0.5, 0.6) is 5.75 Å². The van der Waals surface area contributed by atoms with Crippen LogP contribution in [-0.4, -0.2) is 48.5 Å². The fourth-order valence-corrected chi connectivity index (χ4v) is 3.04. The van der Waals surface area contributed by atoms with Crippen molar-refractivity contribution in [2.75, 3.05) is 13.7 Å². The summed E-state index contributed by atoms with van der Waals surface area (Å²) >= 11 is 0. The molecular formula is C23H22N2O5. The van der Waals surface area contributed by atoms with Crippen LogP contribution in [0.4, 0.5) is 0 Å². The molecule has 1 saturated heterocycles. The van der Waals surface area contributed by atoms with E-state index in [4.69, 9.17) is 4.74 Å². The van der Waals surface area contributed by atoms with Crippen LogP contribution < -0.4 is 10.1 Å². The minimum Gasteiger partial charge on any atom is -0.484 e. The number of nitrogens with zero attached hydrogens (tertiary/aromatic N) is 1. The second-order valence-corrected chi connectivity index (χ2v) is 6.55. The van der Waals surface area contributed by atoms with Gasteiger partial charge in [-0.3, -0.25) is 14.5 Å². The molecule has 0 aliphatic carbocycles. The average molecular weight is 406 g/mol. The Bertz CT molecular complexity index is 956. The molecule has 2 aromatic carbocycles. The molecule has 154 valence electrons. The summed E-state index contributed by atoms with van der Waals surface area (Å²) in [5, 5.41) is 2.66. The Morgan fingerprint density at radius 1 is 1.10 bits per heavy atom. The molecule has 1 fully saturated rings. The minimum atomic E-state index is -0.835. The Morgan fingerprint density at radius 2 is 1.73 bits per heavy atom. The molecule has 1 aliphatic heterocycles. The number of ether oxygens (including phenoxy) is 2. The van der Waals surface area contributed by atoms with E-state index in [1.807, 2.05) is 42.5 Å². The van der Waals surface area contributed by atoms with Gasteiger partial charge in [0.25, 0.3) is 11.8 Å². The van der Waals surface area contributed by atoms with Crippen molar-refractivity contribution in [1.29, 1.82) is 0 Å². The molecule has 1 heterocycles. The molecule has 0 bridgehead atoms. The van der Waals surface area contributed by atoms with Crippen molar-refractivity contribution in [3.8, 4) is 5.75 Å². The third-order valence-electron chi connectivity index (χ3n) is 4.57. The number of rotatable bonds is 8. The summed E-state index contributed by atoms with van der Waals surface area (Å²) < 4.78 is 10.1. The number of carbonyl (C=O) groups is 3. The van der Waals surface area contributed by atoms with E-state index in [9.17, 15) is 14.4 Å². The molecule has 2 aromatic rings. The van der Waals surface area contributed by atoms with Crippen LogP contribution in [-0.2, 0) is 19.1 Å². The number of amides is 2. The Kier molecular flexibility index (Phi) is 6.64. The predicted molar refractivity (Wildman–Crippen MR) is 111 cm³/mol. The van der Waals surface area contributed by atoms with Crippen LogP contribution in [0.2, 0.25) is 0 Å². The van der Waals surface area contributed by atoms with Crippen LogP contribution in [0.15, 0.2) is 79.0 Å². The van der Waals surface area contributed by atoms with Crippen molar-refractivity contribution in [2.45, 2.75) is 12.1 Å². The van der Waals surface area contributed by atoms with Gasteiger partial charge >= 0.3 is 5.97 Å². The molecular weight excluding hydrogens is 384 g/mol. The quantitative estimate of drug-likeness (QED) is 0.413. The number of β-lactam (4-membered cyclic amide) rings is 1. The van der Waals surface area contributed by atoms with Crippen molar-refractivity contribution in [2.24, 2.45) is 0 Å². The number of nitrogens with one attached hydrogen (secondary N) is 1. The zero-order valence-electron chi connectivity index (χ0n) is 16.5. The third kappa shape index (κ3) is 4.75. The SMILES string of the molecule is C=C(C(=O)OC)N1C(=O)C(NC(=O)COc2ccccc2)C1/C=C/c1ccccc1. The summed E-state index contributed by atoms with van der Waals surface area (Å²) in [6.45, 7) is 3.42. The van der Waals surface area contributed by atoms with Crippen molar-refractivity contribution >= 4 is 23.9 Å². The molecule has 0 saturated carbocycles. The summed E-state index contributed by atoms with van der Waals surface area (Å²) in [5.41, 5.74) is 0.828. The first-order chi connectivity index (χ1) is 14.5. The molecule has 1 aliphatic rings. The number of methoxy groups -OCH3 is 1. The Labute approximate surface area is 174 Å². The summed E-state index contributed by atoms with van der Waals surface area (Å²) in [4.78, 5) is 38.0. The maximum atomic E-state index is 12.6. The van der Waals surface area contributed by atoms with Crippen molar-refractivity contribution in [3.05, 3.63) is 84.6 Å². The van der Waals surface area contributed by atoms with Crippen molar-refractivity contribution < 1.29 is 23.9 Å². The highest BCUT2D eigenvalue weighted by atomic mass is 16.5. The Balaban J connectivity index is 1.70. The third-order valence-corrected chi connectivity index (χ3v) is 4.57. The lowest BCUT2D eigenvalue weighted by atomic mass is 9.92. The van der Waals surface area contributed by atoms with Gasteiger partial charge < -0.3 is 14.8 Å². The lowest BCUT2D eigenvalue weighted by Crippen LogP contribution is -2.70. The molecule has 2 atom stereocenters. The van der Waals surface area contributed by atoms with Crippen LogP contribution in [0.3, 0.4) is 0 Å². The standard InChI is InChI=1S/C23H22N2O5/c1-16(23(28)29-2)25-19(14-13-17-9-5-3-6-10-17)21(22(25)27)24-20(26)15-30-18-11-7-4-8-12-18/h3-14,19,21H,1,15H2,2H3,(H,24,26)/b14-13+. The van der Waals surface area contributed by atoms with Gasteiger partial charge in [-0.15, -0.1) is 0 Å². The van der Waals surface area contributed by atoms with Gasteiger partial charge in [0, 0.05) is 0 Å². The second kappa shape index (κ2) is 9.56. The van der Waals surface area contributed by atoms with Crippen LogP contribution >= 0.6 is 0 Å². The highest BCUT2D eigenvalue weighted by Gasteiger charge is 2.49. The van der Waals surface area contributed by atoms with E-state index in [0.717, 1.165) is 5.56 Å². The Hall–Kier alpha value is -3.87. The fraction of sp³-hybridized carbons (Fsp3) is 0.174. The lowest BCUT2D eigenvalue weighted by Gasteiger charge is -2.45. The Morgan fingerprint density at radius 3 is 2.37 bits per heavy atom. The number of likely N-dealkylation sites (tertiary alicyclic amines) is 1. The van der Waals surface area contributed by atoms with Gasteiger partial charge in [0.15, 0.2) is 6.61 Å². The number of hydrogen-bond acceptors (Lipinski definition) is 5. The number of esters is 1. The monoisotopic (exact) mass is 406 g/mol. The van der Waals surface area contributed by atoms with Gasteiger partial charge in [0.2, 0.25) is 0 Å². The van der Waals surface area contributed by atoms with Crippen molar-refractivity contribution in [1.82, 2.24) is 10.2 Å². The highest BCUT2D eigenvalue weighted by molar-refractivity contribution is 6.01. The molecule has 2 amide bonds. The van der Waals surface area contributed by atoms with Crippen molar-refractivity contribution in [3.63, 3.8) is 0 Å². The number of benzene rings is 2. The fourth-order valence-electron chi connectivity index (χ4n) is 3.04. The van der Waals surface area contributed by atoms with Crippen LogP contribution in [0, 0.1) is 0 Å². The van der Waals surface area contributed by atoms with Gasteiger partial charge in [-0.25, -0.2) is 4.79 Å². The van der Waals surface area contributed by atoms with E-state index < -0.39 is 29.9 Å².